The van der Waals surface area contributed by atoms with Gasteiger partial charge in [-0.25, -0.2) is 0 Å². The molecule has 96 valence electrons. The Bertz CT molecular complexity index is 196. The second-order valence-electron chi connectivity index (χ2n) is 5.02. The molecule has 0 bridgehead atoms. The molecule has 0 aromatic rings. The van der Waals surface area contributed by atoms with Crippen LogP contribution in [0.25, 0.3) is 0 Å². The molecule has 0 saturated carbocycles. The molecule has 2 saturated heterocycles. The monoisotopic (exact) mass is 246 g/mol. The SMILES string of the molecule is C1CO1.CCCC1(CCC)O[SiH2]OC1(C)C. The fraction of sp³-hybridized carbons (Fsp3) is 1.00. The number of ether oxygens (including phenoxy) is 1. The van der Waals surface area contributed by atoms with Crippen molar-refractivity contribution in [3.8, 4) is 0 Å². The van der Waals surface area contributed by atoms with Crippen molar-refractivity contribution in [3.63, 3.8) is 0 Å². The van der Waals surface area contributed by atoms with Gasteiger partial charge >= 0.3 is 10.0 Å². The van der Waals surface area contributed by atoms with Crippen molar-refractivity contribution in [1.29, 1.82) is 0 Å². The average Bonchev–Trinajstić information content (AvgIpc) is 3.02. The van der Waals surface area contributed by atoms with Gasteiger partial charge in [0.05, 0.1) is 24.4 Å². The standard InChI is InChI=1S/C10H22O2Si.C2H4O/c1-5-7-10(8-6-2)9(3,4)11-13-12-10;1-2-3-1/h5-8,13H2,1-4H3;1-2H2. The summed E-state index contributed by atoms with van der Waals surface area (Å²) >= 11 is 0. The summed E-state index contributed by atoms with van der Waals surface area (Å²) in [7, 11) is -0.706. The highest BCUT2D eigenvalue weighted by Gasteiger charge is 2.49. The molecule has 2 aliphatic rings. The van der Waals surface area contributed by atoms with E-state index in [1.807, 2.05) is 0 Å². The van der Waals surface area contributed by atoms with E-state index in [9.17, 15) is 0 Å². The van der Waals surface area contributed by atoms with Crippen LogP contribution in [0.5, 0.6) is 0 Å². The number of hydrogen-bond donors (Lipinski definition) is 0. The summed E-state index contributed by atoms with van der Waals surface area (Å²) < 4.78 is 16.2. The normalized spacial score (nSPS) is 26.2. The Labute approximate surface area is 102 Å². The molecule has 0 amide bonds. The number of epoxide rings is 1. The van der Waals surface area contributed by atoms with Crippen molar-refractivity contribution in [1.82, 2.24) is 0 Å². The Morgan fingerprint density at radius 1 is 1.00 bits per heavy atom. The Morgan fingerprint density at radius 2 is 1.50 bits per heavy atom. The maximum atomic E-state index is 5.95. The molecule has 2 heterocycles. The molecule has 0 atom stereocenters. The predicted molar refractivity (Wildman–Crippen MR) is 68.2 cm³/mol. The molecule has 16 heavy (non-hydrogen) atoms. The first-order chi connectivity index (χ1) is 7.58. The van der Waals surface area contributed by atoms with E-state index in [1.165, 1.54) is 12.8 Å². The van der Waals surface area contributed by atoms with Crippen LogP contribution >= 0.6 is 0 Å². The molecule has 0 N–H and O–H groups in total. The van der Waals surface area contributed by atoms with Crippen molar-refractivity contribution in [3.05, 3.63) is 0 Å². The van der Waals surface area contributed by atoms with Crippen LogP contribution < -0.4 is 0 Å². The first kappa shape index (κ1) is 14.2. The number of rotatable bonds is 4. The molecule has 0 radical (unpaired) electrons. The largest absolute Gasteiger partial charge is 0.391 e. The van der Waals surface area contributed by atoms with Gasteiger partial charge in [-0.1, -0.05) is 26.7 Å². The van der Waals surface area contributed by atoms with Gasteiger partial charge in [0.25, 0.3) is 0 Å². The van der Waals surface area contributed by atoms with Crippen LogP contribution in [0.4, 0.5) is 0 Å². The topological polar surface area (TPSA) is 31.0 Å². The smallest absolute Gasteiger partial charge is 0.305 e. The van der Waals surface area contributed by atoms with Crippen LogP contribution in [0.3, 0.4) is 0 Å². The van der Waals surface area contributed by atoms with E-state index in [0.717, 1.165) is 26.1 Å². The molecule has 0 aliphatic carbocycles. The fourth-order valence-electron chi connectivity index (χ4n) is 2.27. The molecule has 0 spiro atoms. The highest BCUT2D eigenvalue weighted by molar-refractivity contribution is 6.19. The van der Waals surface area contributed by atoms with E-state index >= 15 is 0 Å². The maximum Gasteiger partial charge on any atom is 0.305 e. The van der Waals surface area contributed by atoms with Crippen LogP contribution in [-0.4, -0.2) is 34.4 Å². The van der Waals surface area contributed by atoms with E-state index in [-0.39, 0.29) is 11.2 Å². The van der Waals surface area contributed by atoms with Gasteiger partial charge in [0.15, 0.2) is 0 Å². The summed E-state index contributed by atoms with van der Waals surface area (Å²) in [6, 6.07) is 0. The third kappa shape index (κ3) is 3.55. The van der Waals surface area contributed by atoms with Crippen molar-refractivity contribution >= 4 is 10.0 Å². The van der Waals surface area contributed by atoms with Crippen LogP contribution in [-0.2, 0) is 13.6 Å². The zero-order valence-corrected chi connectivity index (χ0v) is 12.6. The molecule has 0 aromatic heterocycles. The molecule has 3 nitrogen and oxygen atoms in total. The van der Waals surface area contributed by atoms with Crippen molar-refractivity contribution in [2.45, 2.75) is 64.6 Å². The van der Waals surface area contributed by atoms with Gasteiger partial charge in [0.2, 0.25) is 0 Å². The molecule has 2 fully saturated rings. The molecule has 2 rings (SSSR count). The summed E-state index contributed by atoms with van der Waals surface area (Å²) in [5.74, 6) is 0. The average molecular weight is 246 g/mol. The Hall–Kier alpha value is 0.0969. The summed E-state index contributed by atoms with van der Waals surface area (Å²) in [5.41, 5.74) is -0.0199. The van der Waals surface area contributed by atoms with Gasteiger partial charge in [0.1, 0.15) is 0 Å². The molecule has 2 aliphatic heterocycles. The van der Waals surface area contributed by atoms with Crippen LogP contribution in [0.15, 0.2) is 0 Å². The van der Waals surface area contributed by atoms with Gasteiger partial charge in [0, 0.05) is 0 Å². The van der Waals surface area contributed by atoms with Crippen LogP contribution in [0.1, 0.15) is 53.4 Å². The number of hydrogen-bond acceptors (Lipinski definition) is 3. The van der Waals surface area contributed by atoms with E-state index in [4.69, 9.17) is 8.85 Å². The zero-order chi connectivity index (χ0) is 12.1. The summed E-state index contributed by atoms with van der Waals surface area (Å²) in [6.45, 7) is 10.8. The van der Waals surface area contributed by atoms with Gasteiger partial charge in [-0.05, 0) is 26.7 Å². The lowest BCUT2D eigenvalue weighted by molar-refractivity contribution is -0.0376. The quantitative estimate of drug-likeness (QED) is 0.563. The summed E-state index contributed by atoms with van der Waals surface area (Å²) in [5, 5.41) is 0. The Balaban J connectivity index is 0.000000365. The lowest BCUT2D eigenvalue weighted by Crippen LogP contribution is -2.47. The molecule has 0 unspecified atom stereocenters. The molecule has 4 heteroatoms. The minimum atomic E-state index is -0.706. The van der Waals surface area contributed by atoms with Crippen LogP contribution in [0.2, 0.25) is 0 Å². The second-order valence-corrected chi connectivity index (χ2v) is 5.84. The van der Waals surface area contributed by atoms with Gasteiger partial charge in [-0.15, -0.1) is 0 Å². The second kappa shape index (κ2) is 6.14. The first-order valence-corrected chi connectivity index (χ1v) is 7.59. The van der Waals surface area contributed by atoms with Crippen LogP contribution in [0, 0.1) is 0 Å². The molecular weight excluding hydrogens is 220 g/mol. The molecular formula is C12H26O3Si. The van der Waals surface area contributed by atoms with E-state index in [1.54, 1.807) is 0 Å². The van der Waals surface area contributed by atoms with E-state index in [2.05, 4.69) is 32.4 Å². The Kier molecular flexibility index (Phi) is 5.44. The van der Waals surface area contributed by atoms with Crippen molar-refractivity contribution in [2.24, 2.45) is 0 Å². The lowest BCUT2D eigenvalue weighted by atomic mass is 9.79. The van der Waals surface area contributed by atoms with Crippen molar-refractivity contribution in [2.75, 3.05) is 13.2 Å². The van der Waals surface area contributed by atoms with Gasteiger partial charge in [-0.2, -0.15) is 0 Å². The summed E-state index contributed by atoms with van der Waals surface area (Å²) in [4.78, 5) is 0. The maximum absolute atomic E-state index is 5.95. The van der Waals surface area contributed by atoms with Gasteiger partial charge in [-0.3, -0.25) is 0 Å². The fourth-order valence-corrected chi connectivity index (χ4v) is 3.75. The highest BCUT2D eigenvalue weighted by Crippen LogP contribution is 2.41. The Morgan fingerprint density at radius 3 is 1.75 bits per heavy atom. The highest BCUT2D eigenvalue weighted by atomic mass is 28.3. The van der Waals surface area contributed by atoms with Crippen molar-refractivity contribution < 1.29 is 13.6 Å². The van der Waals surface area contributed by atoms with Gasteiger partial charge < -0.3 is 13.6 Å². The third-order valence-corrected chi connectivity index (χ3v) is 4.87. The van der Waals surface area contributed by atoms with E-state index in [0.29, 0.717) is 0 Å². The minimum Gasteiger partial charge on any atom is -0.391 e. The third-order valence-electron chi connectivity index (χ3n) is 3.36. The lowest BCUT2D eigenvalue weighted by Gasteiger charge is -2.39. The first-order valence-electron chi connectivity index (χ1n) is 6.43. The molecule has 0 aromatic carbocycles. The summed E-state index contributed by atoms with van der Waals surface area (Å²) in [6.07, 6.45) is 4.64. The van der Waals surface area contributed by atoms with E-state index < -0.39 is 10.0 Å². The zero-order valence-electron chi connectivity index (χ0n) is 11.2. The minimum absolute atomic E-state index is 0.0305. The predicted octanol–water partition coefficient (Wildman–Crippen LogP) is 2.17.